The Morgan fingerprint density at radius 3 is 2.32 bits per heavy atom. The van der Waals surface area contributed by atoms with Gasteiger partial charge in [-0.1, -0.05) is 47.2 Å². The van der Waals surface area contributed by atoms with Crippen LogP contribution in [0, 0.1) is 13.8 Å². The number of methoxy groups -OCH3 is 3. The van der Waals surface area contributed by atoms with Gasteiger partial charge in [-0.2, -0.15) is 0 Å². The van der Waals surface area contributed by atoms with E-state index in [4.69, 9.17) is 19.2 Å². The molecule has 8 nitrogen and oxygen atoms in total. The fourth-order valence-electron chi connectivity index (χ4n) is 4.95. The molecule has 3 aromatic carbocycles. The fourth-order valence-corrected chi connectivity index (χ4v) is 6.00. The third-order valence-electron chi connectivity index (χ3n) is 7.03. The van der Waals surface area contributed by atoms with Crippen molar-refractivity contribution in [2.75, 3.05) is 26.6 Å². The monoisotopic (exact) mass is 569 g/mol. The summed E-state index contributed by atoms with van der Waals surface area (Å²) in [6.07, 6.45) is 1.80. The summed E-state index contributed by atoms with van der Waals surface area (Å²) in [6.45, 7) is 5.76. The molecule has 5 rings (SSSR count). The largest absolute Gasteiger partial charge is 0.497 e. The zero-order valence-corrected chi connectivity index (χ0v) is 24.6. The number of amides is 1. The number of fused-ring (bicyclic) bond motifs is 1. The Morgan fingerprint density at radius 2 is 1.66 bits per heavy atom. The maximum Gasteiger partial charge on any atom is 0.271 e. The first kappa shape index (κ1) is 27.9. The van der Waals surface area contributed by atoms with Crippen molar-refractivity contribution in [3.05, 3.63) is 114 Å². The quantitative estimate of drug-likeness (QED) is 0.354. The van der Waals surface area contributed by atoms with Crippen molar-refractivity contribution >= 4 is 29.0 Å². The van der Waals surface area contributed by atoms with Crippen molar-refractivity contribution in [3.8, 4) is 17.2 Å². The molecule has 1 amide bonds. The minimum atomic E-state index is -0.685. The van der Waals surface area contributed by atoms with Gasteiger partial charge >= 0.3 is 0 Å². The number of ether oxygens (including phenoxy) is 3. The van der Waals surface area contributed by atoms with Crippen molar-refractivity contribution in [1.82, 2.24) is 4.57 Å². The molecular formula is C32H31N3O5S. The number of aromatic nitrogens is 1. The van der Waals surface area contributed by atoms with Gasteiger partial charge in [0, 0.05) is 5.69 Å². The molecule has 2 heterocycles. The third-order valence-corrected chi connectivity index (χ3v) is 8.02. The Kier molecular flexibility index (Phi) is 7.81. The van der Waals surface area contributed by atoms with Crippen LogP contribution in [0.4, 0.5) is 5.69 Å². The average molecular weight is 570 g/mol. The summed E-state index contributed by atoms with van der Waals surface area (Å²) in [5.41, 5.74) is 5.02. The summed E-state index contributed by atoms with van der Waals surface area (Å²) in [5.74, 6) is 1.52. The Bertz CT molecular complexity index is 1850. The molecular weight excluding hydrogens is 538 g/mol. The van der Waals surface area contributed by atoms with Crippen LogP contribution in [0.25, 0.3) is 6.08 Å². The molecule has 0 saturated heterocycles. The fraction of sp³-hybridized carbons (Fsp3) is 0.219. The second kappa shape index (κ2) is 11.5. The topological polar surface area (TPSA) is 91.2 Å². The first-order valence-electron chi connectivity index (χ1n) is 13.0. The number of nitrogens with one attached hydrogen (secondary N) is 1. The van der Waals surface area contributed by atoms with Gasteiger partial charge in [-0.15, -0.1) is 0 Å². The number of hydrogen-bond donors (Lipinski definition) is 1. The molecule has 1 atom stereocenters. The van der Waals surface area contributed by atoms with Crippen LogP contribution in [-0.2, 0) is 4.79 Å². The lowest BCUT2D eigenvalue weighted by Crippen LogP contribution is -2.40. The van der Waals surface area contributed by atoms with Crippen molar-refractivity contribution in [2.45, 2.75) is 26.8 Å². The van der Waals surface area contributed by atoms with Gasteiger partial charge in [-0.3, -0.25) is 14.2 Å². The first-order chi connectivity index (χ1) is 19.7. The van der Waals surface area contributed by atoms with Gasteiger partial charge in [0.2, 0.25) is 0 Å². The van der Waals surface area contributed by atoms with Gasteiger partial charge in [-0.25, -0.2) is 4.99 Å². The number of aryl methyl sites for hydroxylation is 2. The predicted molar refractivity (Wildman–Crippen MR) is 161 cm³/mol. The van der Waals surface area contributed by atoms with Crippen molar-refractivity contribution < 1.29 is 19.0 Å². The van der Waals surface area contributed by atoms with E-state index in [9.17, 15) is 9.59 Å². The molecule has 9 heteroatoms. The molecule has 0 aliphatic carbocycles. The summed E-state index contributed by atoms with van der Waals surface area (Å²) in [6, 6.07) is 18.0. The van der Waals surface area contributed by atoms with Crippen molar-refractivity contribution in [1.29, 1.82) is 0 Å². The first-order valence-corrected chi connectivity index (χ1v) is 13.8. The van der Waals surface area contributed by atoms with E-state index >= 15 is 0 Å². The standard InChI is InChI=1S/C32H31N3O5S/c1-18-7-13-24(19(2)15-18)34-30(36)28-20(3)33-32-35(29(28)22-9-11-23(38-4)12-10-22)31(37)27(41-32)17-21-8-14-25(39-5)26(16-21)40-6/h7-17,29H,1-6H3,(H,34,36)/b27-17+/t29-/m0/s1. The Hall–Kier alpha value is -4.63. The summed E-state index contributed by atoms with van der Waals surface area (Å²) < 4.78 is 18.2. The number of carbonyl (C=O) groups excluding carboxylic acids is 1. The number of allylic oxidation sites excluding steroid dienone is 1. The second-order valence-corrected chi connectivity index (χ2v) is 10.8. The maximum atomic E-state index is 14.0. The molecule has 0 radical (unpaired) electrons. The SMILES string of the molecule is COc1ccc([C@H]2C(C(=O)Nc3ccc(C)cc3C)=C(C)N=c3s/c(=C/c4ccc(OC)c(OC)c4)c(=O)n32)cc1. The zero-order valence-electron chi connectivity index (χ0n) is 23.8. The number of benzene rings is 3. The highest BCUT2D eigenvalue weighted by molar-refractivity contribution is 7.07. The van der Waals surface area contributed by atoms with Crippen LogP contribution in [0.1, 0.15) is 35.2 Å². The normalized spacial score (nSPS) is 14.8. The van der Waals surface area contributed by atoms with E-state index in [-0.39, 0.29) is 11.5 Å². The van der Waals surface area contributed by atoms with Crippen LogP contribution in [0.5, 0.6) is 17.2 Å². The zero-order chi connectivity index (χ0) is 29.3. The van der Waals surface area contributed by atoms with E-state index in [1.54, 1.807) is 45.0 Å². The minimum Gasteiger partial charge on any atom is -0.497 e. The summed E-state index contributed by atoms with van der Waals surface area (Å²) in [7, 11) is 4.74. The average Bonchev–Trinajstić information content (AvgIpc) is 3.27. The van der Waals surface area contributed by atoms with Crippen LogP contribution in [0.3, 0.4) is 0 Å². The Balaban J connectivity index is 1.65. The van der Waals surface area contributed by atoms with E-state index in [0.29, 0.717) is 43.5 Å². The Morgan fingerprint density at radius 1 is 0.927 bits per heavy atom. The summed E-state index contributed by atoms with van der Waals surface area (Å²) in [4.78, 5) is 33.1. The second-order valence-electron chi connectivity index (χ2n) is 9.74. The highest BCUT2D eigenvalue weighted by atomic mass is 32.1. The van der Waals surface area contributed by atoms with Crippen LogP contribution < -0.4 is 34.4 Å². The lowest BCUT2D eigenvalue weighted by atomic mass is 9.95. The molecule has 1 aliphatic rings. The van der Waals surface area contributed by atoms with Crippen LogP contribution in [0.15, 0.2) is 81.7 Å². The van der Waals surface area contributed by atoms with Crippen molar-refractivity contribution in [3.63, 3.8) is 0 Å². The lowest BCUT2D eigenvalue weighted by Gasteiger charge is -2.25. The van der Waals surface area contributed by atoms with E-state index in [2.05, 4.69) is 5.32 Å². The highest BCUT2D eigenvalue weighted by Crippen LogP contribution is 2.32. The molecule has 0 unspecified atom stereocenters. The van der Waals surface area contributed by atoms with Gasteiger partial charge in [0.05, 0.1) is 43.2 Å². The van der Waals surface area contributed by atoms with E-state index in [1.807, 2.05) is 68.4 Å². The Labute approximate surface area is 241 Å². The number of anilines is 1. The number of hydrogen-bond acceptors (Lipinski definition) is 7. The van der Waals surface area contributed by atoms with E-state index in [1.165, 1.54) is 11.3 Å². The van der Waals surface area contributed by atoms with Gasteiger partial charge in [-0.05, 0) is 73.9 Å². The van der Waals surface area contributed by atoms with E-state index < -0.39 is 6.04 Å². The predicted octanol–water partition coefficient (Wildman–Crippen LogP) is 4.52. The summed E-state index contributed by atoms with van der Waals surface area (Å²) in [5, 5.41) is 3.05. The molecule has 4 aromatic rings. The van der Waals surface area contributed by atoms with Crippen LogP contribution in [-0.4, -0.2) is 31.8 Å². The van der Waals surface area contributed by atoms with E-state index in [0.717, 1.165) is 22.3 Å². The van der Waals surface area contributed by atoms with Crippen LogP contribution in [0.2, 0.25) is 0 Å². The molecule has 0 bridgehead atoms. The van der Waals surface area contributed by atoms with Crippen molar-refractivity contribution in [2.24, 2.45) is 4.99 Å². The lowest BCUT2D eigenvalue weighted by molar-refractivity contribution is -0.113. The van der Waals surface area contributed by atoms with Gasteiger partial charge in [0.1, 0.15) is 5.75 Å². The number of carbonyl (C=O) groups is 1. The minimum absolute atomic E-state index is 0.242. The molecule has 41 heavy (non-hydrogen) atoms. The third kappa shape index (κ3) is 5.40. The van der Waals surface area contributed by atoms with Crippen LogP contribution >= 0.6 is 11.3 Å². The summed E-state index contributed by atoms with van der Waals surface area (Å²) >= 11 is 1.28. The van der Waals surface area contributed by atoms with Gasteiger partial charge < -0.3 is 19.5 Å². The molecule has 1 aliphatic heterocycles. The molecule has 0 saturated carbocycles. The number of nitrogens with zero attached hydrogens (tertiary/aromatic N) is 2. The smallest absolute Gasteiger partial charge is 0.271 e. The van der Waals surface area contributed by atoms with Gasteiger partial charge in [0.25, 0.3) is 11.5 Å². The molecule has 1 N–H and O–H groups in total. The number of rotatable bonds is 7. The van der Waals surface area contributed by atoms with Gasteiger partial charge in [0.15, 0.2) is 16.3 Å². The molecule has 210 valence electrons. The molecule has 0 fully saturated rings. The maximum absolute atomic E-state index is 14.0. The highest BCUT2D eigenvalue weighted by Gasteiger charge is 2.32. The number of thiazole rings is 1. The molecule has 0 spiro atoms. The molecule has 1 aromatic heterocycles.